The van der Waals surface area contributed by atoms with Gasteiger partial charge in [-0.3, -0.25) is 0 Å². The fourth-order valence-corrected chi connectivity index (χ4v) is 8.84. The van der Waals surface area contributed by atoms with Crippen LogP contribution in [-0.4, -0.2) is 4.57 Å². The first-order valence-electron chi connectivity index (χ1n) is 14.0. The molecule has 0 saturated heterocycles. The van der Waals surface area contributed by atoms with Crippen LogP contribution in [0.2, 0.25) is 0 Å². The van der Waals surface area contributed by atoms with Crippen molar-refractivity contribution in [3.8, 4) is 29.0 Å². The van der Waals surface area contributed by atoms with Crippen molar-refractivity contribution in [3.05, 3.63) is 126 Å². The lowest BCUT2D eigenvalue weighted by molar-refractivity contribution is 1.17. The summed E-state index contributed by atoms with van der Waals surface area (Å²) in [5, 5.41) is 26.9. The quantitative estimate of drug-likeness (QED) is 0.204. The Bertz CT molecular complexity index is 2650. The lowest BCUT2D eigenvalue weighted by atomic mass is 9.98. The highest BCUT2D eigenvalue weighted by molar-refractivity contribution is 7.28. The van der Waals surface area contributed by atoms with Crippen LogP contribution in [0.15, 0.2) is 115 Å². The van der Waals surface area contributed by atoms with Crippen LogP contribution in [0.5, 0.6) is 0 Å². The Labute approximate surface area is 254 Å². The predicted molar refractivity (Wildman–Crippen MR) is 181 cm³/mol. The van der Waals surface area contributed by atoms with Gasteiger partial charge in [0.25, 0.3) is 0 Å². The van der Waals surface area contributed by atoms with E-state index in [1.54, 1.807) is 11.3 Å². The molecule has 0 saturated carbocycles. The number of nitrogens with zero attached hydrogens (tertiary/aromatic N) is 3. The molecule has 3 heterocycles. The molecule has 9 aromatic rings. The number of thiophene rings is 2. The molecular formula is C38H19N3S2. The van der Waals surface area contributed by atoms with Crippen molar-refractivity contribution < 1.29 is 0 Å². The minimum absolute atomic E-state index is 0.638. The summed E-state index contributed by atoms with van der Waals surface area (Å²) in [5.74, 6) is 0. The fourth-order valence-electron chi connectivity index (χ4n) is 6.55. The van der Waals surface area contributed by atoms with E-state index < -0.39 is 0 Å². The van der Waals surface area contributed by atoms with Gasteiger partial charge in [0.2, 0.25) is 0 Å². The van der Waals surface area contributed by atoms with E-state index in [0.717, 1.165) is 33.2 Å². The Hall–Kier alpha value is -5.46. The minimum Gasteiger partial charge on any atom is -0.307 e. The monoisotopic (exact) mass is 581 g/mol. The van der Waals surface area contributed by atoms with Gasteiger partial charge in [-0.05, 0) is 66.2 Å². The van der Waals surface area contributed by atoms with Gasteiger partial charge in [0, 0.05) is 56.7 Å². The number of nitriles is 2. The molecule has 0 N–H and O–H groups in total. The van der Waals surface area contributed by atoms with Crippen LogP contribution in [0.4, 0.5) is 0 Å². The Morgan fingerprint density at radius 3 is 1.79 bits per heavy atom. The van der Waals surface area contributed by atoms with E-state index in [-0.39, 0.29) is 0 Å². The molecule has 43 heavy (non-hydrogen) atoms. The molecule has 0 radical (unpaired) electrons. The minimum atomic E-state index is 0.638. The number of para-hydroxylation sites is 3. The summed E-state index contributed by atoms with van der Waals surface area (Å²) in [6, 6.07) is 44.9. The van der Waals surface area contributed by atoms with Crippen molar-refractivity contribution in [2.75, 3.05) is 0 Å². The first-order valence-corrected chi connectivity index (χ1v) is 15.6. The SMILES string of the molecule is N#Cc1ccc2sc3cc4sc5ccc(-c6cccc(C#N)c6-n6c7ccccc7c7ccccc76)cc5c4cc3c2c1. The molecule has 0 aliphatic heterocycles. The number of hydrogen-bond donors (Lipinski definition) is 0. The molecule has 9 rings (SSSR count). The average molecular weight is 582 g/mol. The summed E-state index contributed by atoms with van der Waals surface area (Å²) in [6.45, 7) is 0. The molecule has 0 amide bonds. The predicted octanol–water partition coefficient (Wildman–Crippen LogP) is 10.9. The molecule has 3 nitrogen and oxygen atoms in total. The second-order valence-corrected chi connectivity index (χ2v) is 12.9. The van der Waals surface area contributed by atoms with Gasteiger partial charge >= 0.3 is 0 Å². The lowest BCUT2D eigenvalue weighted by Gasteiger charge is -2.16. The molecule has 0 atom stereocenters. The van der Waals surface area contributed by atoms with Gasteiger partial charge in [-0.2, -0.15) is 10.5 Å². The van der Waals surface area contributed by atoms with Crippen LogP contribution in [-0.2, 0) is 0 Å². The molecule has 198 valence electrons. The maximum Gasteiger partial charge on any atom is 0.101 e. The van der Waals surface area contributed by atoms with Gasteiger partial charge < -0.3 is 4.57 Å². The summed E-state index contributed by atoms with van der Waals surface area (Å²) < 4.78 is 7.16. The van der Waals surface area contributed by atoms with Gasteiger partial charge in [-0.25, -0.2) is 0 Å². The van der Waals surface area contributed by atoms with Gasteiger partial charge in [0.15, 0.2) is 0 Å². The molecule has 0 fully saturated rings. The number of fused-ring (bicyclic) bond motifs is 9. The van der Waals surface area contributed by atoms with Crippen molar-refractivity contribution in [1.82, 2.24) is 4.57 Å². The lowest BCUT2D eigenvalue weighted by Crippen LogP contribution is -2.00. The zero-order valence-corrected chi connectivity index (χ0v) is 24.3. The van der Waals surface area contributed by atoms with Crippen LogP contribution in [0, 0.1) is 22.7 Å². The van der Waals surface area contributed by atoms with Crippen LogP contribution in [0.1, 0.15) is 11.1 Å². The summed E-state index contributed by atoms with van der Waals surface area (Å²) in [7, 11) is 0. The maximum absolute atomic E-state index is 10.3. The third kappa shape index (κ3) is 3.44. The van der Waals surface area contributed by atoms with Gasteiger partial charge in [-0.1, -0.05) is 54.6 Å². The molecule has 0 unspecified atom stereocenters. The van der Waals surface area contributed by atoms with Crippen molar-refractivity contribution >= 4 is 84.8 Å². The second-order valence-electron chi connectivity index (χ2n) is 10.8. The topological polar surface area (TPSA) is 52.5 Å². The number of aromatic nitrogens is 1. The Morgan fingerprint density at radius 1 is 0.488 bits per heavy atom. The van der Waals surface area contributed by atoms with E-state index >= 15 is 0 Å². The first kappa shape index (κ1) is 24.2. The van der Waals surface area contributed by atoms with Crippen LogP contribution in [0.25, 0.3) is 79.0 Å². The zero-order valence-electron chi connectivity index (χ0n) is 22.6. The average Bonchev–Trinajstić information content (AvgIpc) is 3.71. The summed E-state index contributed by atoms with van der Waals surface area (Å²) in [5.41, 5.74) is 6.47. The molecule has 0 bridgehead atoms. The van der Waals surface area contributed by atoms with Gasteiger partial charge in [0.1, 0.15) is 6.07 Å². The zero-order chi connectivity index (χ0) is 28.7. The second kappa shape index (κ2) is 9.02. The molecule has 3 aromatic heterocycles. The Kier molecular flexibility index (Phi) is 5.07. The highest BCUT2D eigenvalue weighted by Crippen LogP contribution is 2.44. The fraction of sp³-hybridized carbons (Fsp3) is 0. The third-order valence-electron chi connectivity index (χ3n) is 8.46. The van der Waals surface area contributed by atoms with Crippen LogP contribution < -0.4 is 0 Å². The van der Waals surface area contributed by atoms with E-state index in [9.17, 15) is 10.5 Å². The Balaban J connectivity index is 1.33. The number of rotatable bonds is 2. The Morgan fingerprint density at radius 2 is 1.12 bits per heavy atom. The van der Waals surface area contributed by atoms with Crippen molar-refractivity contribution in [2.24, 2.45) is 0 Å². The molecule has 0 aliphatic carbocycles. The van der Waals surface area contributed by atoms with Crippen LogP contribution >= 0.6 is 22.7 Å². The summed E-state index contributed by atoms with van der Waals surface area (Å²) in [4.78, 5) is 0. The van der Waals surface area contributed by atoms with Crippen molar-refractivity contribution in [2.45, 2.75) is 0 Å². The molecule has 0 aliphatic rings. The summed E-state index contributed by atoms with van der Waals surface area (Å²) in [6.07, 6.45) is 0. The van der Waals surface area contributed by atoms with Crippen molar-refractivity contribution in [1.29, 1.82) is 10.5 Å². The molecule has 6 aromatic carbocycles. The standard InChI is InChI=1S/C38H19N3S2/c39-20-22-12-14-34-28(16-22)30-18-31-29-17-23(13-15-35(29)43-37(31)19-36(30)42-34)25-9-5-6-24(21-40)38(25)41-32-10-3-1-7-26(32)27-8-2-4-11-33(27)41/h1-19H. The van der Waals surface area contributed by atoms with E-state index in [1.165, 1.54) is 45.7 Å². The van der Waals surface area contributed by atoms with Crippen LogP contribution in [0.3, 0.4) is 0 Å². The molecule has 5 heteroatoms. The normalized spacial score (nSPS) is 11.7. The largest absolute Gasteiger partial charge is 0.307 e. The maximum atomic E-state index is 10.3. The van der Waals surface area contributed by atoms with Gasteiger partial charge in [0.05, 0.1) is 33.9 Å². The first-order chi connectivity index (χ1) is 21.2. The van der Waals surface area contributed by atoms with Gasteiger partial charge in [-0.15, -0.1) is 22.7 Å². The highest BCUT2D eigenvalue weighted by atomic mass is 32.1. The van der Waals surface area contributed by atoms with E-state index in [4.69, 9.17) is 0 Å². The number of benzene rings is 6. The molecule has 0 spiro atoms. The van der Waals surface area contributed by atoms with Crippen molar-refractivity contribution in [3.63, 3.8) is 0 Å². The highest BCUT2D eigenvalue weighted by Gasteiger charge is 2.19. The molecular weight excluding hydrogens is 563 g/mol. The smallest absolute Gasteiger partial charge is 0.101 e. The third-order valence-corrected chi connectivity index (χ3v) is 10.7. The number of hydrogen-bond acceptors (Lipinski definition) is 4. The summed E-state index contributed by atoms with van der Waals surface area (Å²) >= 11 is 3.58. The van der Waals surface area contributed by atoms with E-state index in [1.807, 2.05) is 35.6 Å². The van der Waals surface area contributed by atoms with E-state index in [2.05, 4.69) is 108 Å². The van der Waals surface area contributed by atoms with E-state index in [0.29, 0.717) is 11.1 Å².